The maximum Gasteiger partial charge on any atom is 0.410 e. The number of likely N-dealkylation sites (tertiary alicyclic amines) is 2. The van der Waals surface area contributed by atoms with Gasteiger partial charge in [-0.2, -0.15) is 0 Å². The largest absolute Gasteiger partial charge is 0.444 e. The second-order valence-corrected chi connectivity index (χ2v) is 15.3. The van der Waals surface area contributed by atoms with Crippen LogP contribution in [0, 0.1) is 5.41 Å². The van der Waals surface area contributed by atoms with Crippen LogP contribution in [0.5, 0.6) is 0 Å². The Labute approximate surface area is 269 Å². The Balaban J connectivity index is 1.07. The van der Waals surface area contributed by atoms with Crippen molar-refractivity contribution < 1.29 is 19.1 Å². The summed E-state index contributed by atoms with van der Waals surface area (Å²) < 4.78 is 11.4. The number of rotatable bonds is 4. The standard InChI is InChI=1S/C36H44N6O4/c1-34(2,3)45-32(43)41-17-7-8-28(41)31-38-25-14-13-24(18-26(25)39-31)22-9-11-23(12-10-22)27-20-37-30(40-27)29-19-36(15-16-36)21-42(29)33(44)46-35(4,5)6/h9-14,18,20,28-29H,7-8,15-17,19,21H2,1-6H3,(H,37,40)(H,38,39)/t28-,29-/m0/s1. The lowest BCUT2D eigenvalue weighted by atomic mass is 10.0. The number of amides is 2. The lowest BCUT2D eigenvalue weighted by molar-refractivity contribution is 0.0205. The van der Waals surface area contributed by atoms with Gasteiger partial charge in [-0.3, -0.25) is 9.80 Å². The number of benzene rings is 2. The third-order valence-corrected chi connectivity index (χ3v) is 9.23. The number of carbonyl (C=O) groups is 2. The first-order chi connectivity index (χ1) is 21.8. The van der Waals surface area contributed by atoms with E-state index in [1.165, 1.54) is 0 Å². The number of H-pyrrole nitrogens is 2. The summed E-state index contributed by atoms with van der Waals surface area (Å²) in [6.07, 6.45) is 6.27. The summed E-state index contributed by atoms with van der Waals surface area (Å²) >= 11 is 0. The zero-order chi connectivity index (χ0) is 32.4. The summed E-state index contributed by atoms with van der Waals surface area (Å²) in [4.78, 5) is 46.2. The Kier molecular flexibility index (Phi) is 7.17. The molecule has 242 valence electrons. The van der Waals surface area contributed by atoms with Gasteiger partial charge in [-0.15, -0.1) is 0 Å². The van der Waals surface area contributed by atoms with Gasteiger partial charge in [0, 0.05) is 13.1 Å². The molecule has 2 aromatic heterocycles. The number of hydrogen-bond acceptors (Lipinski definition) is 6. The molecule has 3 aliphatic rings. The minimum atomic E-state index is -0.542. The van der Waals surface area contributed by atoms with Gasteiger partial charge in [0.1, 0.15) is 22.9 Å². The van der Waals surface area contributed by atoms with Crippen LogP contribution in [-0.2, 0) is 9.47 Å². The first kappa shape index (κ1) is 30.3. The van der Waals surface area contributed by atoms with Crippen LogP contribution in [0.2, 0.25) is 0 Å². The smallest absolute Gasteiger partial charge is 0.410 e. The van der Waals surface area contributed by atoms with Crippen molar-refractivity contribution in [2.45, 2.75) is 96.9 Å². The normalized spacial score (nSPS) is 20.9. The molecule has 2 atom stereocenters. The molecule has 2 saturated heterocycles. The van der Waals surface area contributed by atoms with E-state index in [2.05, 4.69) is 46.4 Å². The van der Waals surface area contributed by atoms with Gasteiger partial charge in [0.25, 0.3) is 0 Å². The van der Waals surface area contributed by atoms with Crippen molar-refractivity contribution in [1.29, 1.82) is 0 Å². The topological polar surface area (TPSA) is 116 Å². The molecule has 10 nitrogen and oxygen atoms in total. The van der Waals surface area contributed by atoms with E-state index < -0.39 is 11.2 Å². The first-order valence-corrected chi connectivity index (χ1v) is 16.4. The molecule has 7 rings (SSSR count). The molecule has 2 amide bonds. The third kappa shape index (κ3) is 6.09. The average molecular weight is 625 g/mol. The van der Waals surface area contributed by atoms with E-state index in [0.717, 1.165) is 83.7 Å². The van der Waals surface area contributed by atoms with E-state index in [9.17, 15) is 9.59 Å². The van der Waals surface area contributed by atoms with Crippen LogP contribution in [0.3, 0.4) is 0 Å². The Bertz CT molecular complexity index is 1770. The summed E-state index contributed by atoms with van der Waals surface area (Å²) in [6, 6.07) is 14.4. The number of fused-ring (bicyclic) bond motifs is 1. The summed E-state index contributed by atoms with van der Waals surface area (Å²) in [5.74, 6) is 1.60. The van der Waals surface area contributed by atoms with Crippen molar-refractivity contribution in [2.75, 3.05) is 13.1 Å². The average Bonchev–Trinajstić information content (AvgIpc) is 3.47. The fourth-order valence-electron chi connectivity index (χ4n) is 6.80. The van der Waals surface area contributed by atoms with Crippen molar-refractivity contribution in [2.24, 2.45) is 5.41 Å². The first-order valence-electron chi connectivity index (χ1n) is 16.4. The Morgan fingerprint density at radius 2 is 1.48 bits per heavy atom. The number of nitrogens with one attached hydrogen (secondary N) is 2. The minimum absolute atomic E-state index is 0.114. The quantitative estimate of drug-likeness (QED) is 0.237. The van der Waals surface area contributed by atoms with Crippen LogP contribution in [0.15, 0.2) is 48.7 Å². The Morgan fingerprint density at radius 3 is 2.15 bits per heavy atom. The highest BCUT2D eigenvalue weighted by Crippen LogP contribution is 2.58. The van der Waals surface area contributed by atoms with Crippen LogP contribution >= 0.6 is 0 Å². The van der Waals surface area contributed by atoms with Crippen LogP contribution < -0.4 is 0 Å². The van der Waals surface area contributed by atoms with Crippen LogP contribution in [0.1, 0.15) is 97.4 Å². The second-order valence-electron chi connectivity index (χ2n) is 15.3. The van der Waals surface area contributed by atoms with Crippen LogP contribution in [-0.4, -0.2) is 66.2 Å². The number of imidazole rings is 2. The highest BCUT2D eigenvalue weighted by molar-refractivity contribution is 5.83. The summed E-state index contributed by atoms with van der Waals surface area (Å²) in [5, 5.41) is 0. The van der Waals surface area contributed by atoms with Crippen LogP contribution in [0.25, 0.3) is 33.4 Å². The van der Waals surface area contributed by atoms with Gasteiger partial charge >= 0.3 is 12.2 Å². The van der Waals surface area contributed by atoms with Gasteiger partial charge < -0.3 is 19.4 Å². The van der Waals surface area contributed by atoms with E-state index >= 15 is 0 Å². The number of ether oxygens (including phenoxy) is 2. The zero-order valence-corrected chi connectivity index (χ0v) is 27.6. The number of hydrogen-bond donors (Lipinski definition) is 2. The van der Waals surface area contributed by atoms with Gasteiger partial charge in [0.15, 0.2) is 0 Å². The monoisotopic (exact) mass is 624 g/mol. The van der Waals surface area contributed by atoms with Crippen molar-refractivity contribution in [1.82, 2.24) is 29.7 Å². The van der Waals surface area contributed by atoms with Gasteiger partial charge in [0.2, 0.25) is 0 Å². The lowest BCUT2D eigenvalue weighted by Gasteiger charge is -2.27. The van der Waals surface area contributed by atoms with Gasteiger partial charge in [-0.25, -0.2) is 19.6 Å². The van der Waals surface area contributed by atoms with E-state index in [1.807, 2.05) is 58.7 Å². The van der Waals surface area contributed by atoms with Gasteiger partial charge in [-0.1, -0.05) is 30.3 Å². The molecule has 1 spiro atoms. The molecule has 1 saturated carbocycles. The van der Waals surface area contributed by atoms with Gasteiger partial charge in [0.05, 0.1) is 35.0 Å². The number of aromatic amines is 2. The molecule has 0 bridgehead atoms. The van der Waals surface area contributed by atoms with E-state index in [1.54, 1.807) is 4.90 Å². The van der Waals surface area contributed by atoms with Crippen molar-refractivity contribution >= 4 is 23.2 Å². The summed E-state index contributed by atoms with van der Waals surface area (Å²) in [5.41, 5.74) is 5.04. The zero-order valence-electron chi connectivity index (χ0n) is 27.6. The molecular weight excluding hydrogens is 580 g/mol. The molecule has 4 heterocycles. The summed E-state index contributed by atoms with van der Waals surface area (Å²) in [7, 11) is 0. The molecule has 1 aliphatic carbocycles. The Hall–Kier alpha value is -4.34. The minimum Gasteiger partial charge on any atom is -0.444 e. The molecule has 2 aliphatic heterocycles. The molecular formula is C36H44N6O4. The molecule has 2 aromatic carbocycles. The predicted octanol–water partition coefficient (Wildman–Crippen LogP) is 8.15. The number of nitrogens with zero attached hydrogens (tertiary/aromatic N) is 4. The van der Waals surface area contributed by atoms with Crippen molar-refractivity contribution in [3.8, 4) is 22.4 Å². The summed E-state index contributed by atoms with van der Waals surface area (Å²) in [6.45, 7) is 12.8. The van der Waals surface area contributed by atoms with E-state index in [4.69, 9.17) is 19.4 Å². The third-order valence-electron chi connectivity index (χ3n) is 9.23. The molecule has 0 radical (unpaired) electrons. The second kappa shape index (κ2) is 10.9. The maximum absolute atomic E-state index is 13.1. The predicted molar refractivity (Wildman–Crippen MR) is 176 cm³/mol. The number of carbonyl (C=O) groups excluding carboxylic acids is 2. The van der Waals surface area contributed by atoms with Gasteiger partial charge in [-0.05, 0) is 108 Å². The van der Waals surface area contributed by atoms with Crippen molar-refractivity contribution in [3.05, 3.63) is 60.3 Å². The molecule has 2 N–H and O–H groups in total. The van der Waals surface area contributed by atoms with Crippen LogP contribution in [0.4, 0.5) is 9.59 Å². The van der Waals surface area contributed by atoms with E-state index in [-0.39, 0.29) is 29.7 Å². The number of aromatic nitrogens is 4. The molecule has 10 heteroatoms. The maximum atomic E-state index is 13.1. The fourth-order valence-corrected chi connectivity index (χ4v) is 6.80. The molecule has 4 aromatic rings. The van der Waals surface area contributed by atoms with E-state index in [0.29, 0.717) is 6.54 Å². The molecule has 0 unspecified atom stereocenters. The fraction of sp³-hybridized carbons (Fsp3) is 0.500. The molecule has 3 fully saturated rings. The van der Waals surface area contributed by atoms with Crippen molar-refractivity contribution in [3.63, 3.8) is 0 Å². The highest BCUT2D eigenvalue weighted by atomic mass is 16.6. The Morgan fingerprint density at radius 1 is 0.826 bits per heavy atom. The highest BCUT2D eigenvalue weighted by Gasteiger charge is 2.55. The SMILES string of the molecule is CC(C)(C)OC(=O)N1CC2(CC2)C[C@H]1c1ncc(-c2ccc(-c3ccc4nc([C@@H]5CCCN5C(=O)OC(C)(C)C)[nH]c4c3)cc2)[nH]1. The lowest BCUT2D eigenvalue weighted by Crippen LogP contribution is -2.37. The molecule has 46 heavy (non-hydrogen) atoms.